The number of nitrogens with one attached hydrogen (secondary N) is 2. The summed E-state index contributed by atoms with van der Waals surface area (Å²) >= 11 is 4.30. The molecular formula is C28H39N3O4S. The van der Waals surface area contributed by atoms with Gasteiger partial charge in [0.25, 0.3) is 5.91 Å². The standard InChI is InChI=1S/C28H39N3O4S/c1-9-31(26(33)22(16-36)29-27(34)35-28(6,7)8)24(21-14-17(2)13-18(3)15-21)25(32)30-23-19(4)11-10-12-20(23)5/h10-15,22,24,36H,9,16H2,1-8H3,(H,29,34)(H,30,32). The summed E-state index contributed by atoms with van der Waals surface area (Å²) in [5, 5.41) is 5.66. The molecule has 0 aliphatic rings. The van der Waals surface area contributed by atoms with Crippen LogP contribution in [-0.2, 0) is 14.3 Å². The molecule has 196 valence electrons. The molecule has 0 heterocycles. The van der Waals surface area contributed by atoms with E-state index in [0.29, 0.717) is 5.56 Å². The lowest BCUT2D eigenvalue weighted by molar-refractivity contribution is -0.140. The van der Waals surface area contributed by atoms with E-state index in [2.05, 4.69) is 23.3 Å². The van der Waals surface area contributed by atoms with Crippen molar-refractivity contribution in [3.63, 3.8) is 0 Å². The molecule has 2 aromatic carbocycles. The number of amides is 3. The summed E-state index contributed by atoms with van der Waals surface area (Å²) in [6, 6.07) is 9.75. The highest BCUT2D eigenvalue weighted by molar-refractivity contribution is 7.80. The highest BCUT2D eigenvalue weighted by atomic mass is 32.1. The van der Waals surface area contributed by atoms with Crippen LogP contribution < -0.4 is 10.6 Å². The number of carbonyl (C=O) groups excluding carboxylic acids is 3. The van der Waals surface area contributed by atoms with Gasteiger partial charge in [-0.25, -0.2) is 4.79 Å². The van der Waals surface area contributed by atoms with Crippen molar-refractivity contribution in [2.45, 2.75) is 73.1 Å². The Kier molecular flexibility index (Phi) is 9.99. The minimum absolute atomic E-state index is 0.0483. The third kappa shape index (κ3) is 7.75. The zero-order valence-electron chi connectivity index (χ0n) is 22.6. The maximum atomic E-state index is 13.8. The van der Waals surface area contributed by atoms with Crippen LogP contribution in [0.3, 0.4) is 0 Å². The van der Waals surface area contributed by atoms with Gasteiger partial charge in [0.15, 0.2) is 0 Å². The number of carbonyl (C=O) groups is 3. The number of aryl methyl sites for hydroxylation is 4. The van der Waals surface area contributed by atoms with Crippen molar-refractivity contribution in [1.82, 2.24) is 10.2 Å². The van der Waals surface area contributed by atoms with Gasteiger partial charge >= 0.3 is 6.09 Å². The highest BCUT2D eigenvalue weighted by Gasteiger charge is 2.35. The number of hydrogen-bond donors (Lipinski definition) is 3. The van der Waals surface area contributed by atoms with Gasteiger partial charge in [-0.1, -0.05) is 47.5 Å². The molecule has 2 aromatic rings. The summed E-state index contributed by atoms with van der Waals surface area (Å²) in [7, 11) is 0. The fourth-order valence-electron chi connectivity index (χ4n) is 4.14. The highest BCUT2D eigenvalue weighted by Crippen LogP contribution is 2.28. The number of hydrogen-bond acceptors (Lipinski definition) is 5. The van der Waals surface area contributed by atoms with Crippen LogP contribution in [0.15, 0.2) is 36.4 Å². The van der Waals surface area contributed by atoms with Crippen molar-refractivity contribution in [2.75, 3.05) is 17.6 Å². The lowest BCUT2D eigenvalue weighted by Crippen LogP contribution is -2.53. The van der Waals surface area contributed by atoms with Crippen molar-refractivity contribution < 1.29 is 19.1 Å². The van der Waals surface area contributed by atoms with Crippen LogP contribution in [0.1, 0.15) is 61.6 Å². The molecule has 0 spiro atoms. The van der Waals surface area contributed by atoms with Crippen molar-refractivity contribution >= 4 is 36.2 Å². The number of ether oxygens (including phenoxy) is 1. The van der Waals surface area contributed by atoms with E-state index in [0.717, 1.165) is 27.9 Å². The summed E-state index contributed by atoms with van der Waals surface area (Å²) in [6.07, 6.45) is -0.714. The van der Waals surface area contributed by atoms with E-state index < -0.39 is 29.7 Å². The molecule has 36 heavy (non-hydrogen) atoms. The quantitative estimate of drug-likeness (QED) is 0.420. The Bertz CT molecular complexity index is 1070. The number of rotatable bonds is 8. The van der Waals surface area contributed by atoms with Gasteiger partial charge in [-0.05, 0) is 72.1 Å². The fraction of sp³-hybridized carbons (Fsp3) is 0.464. The molecule has 0 fully saturated rings. The summed E-state index contributed by atoms with van der Waals surface area (Å²) in [5.41, 5.74) is 4.52. The van der Waals surface area contributed by atoms with Crippen molar-refractivity contribution in [3.05, 3.63) is 64.2 Å². The molecule has 0 saturated heterocycles. The van der Waals surface area contributed by atoms with Gasteiger partial charge in [0.05, 0.1) is 0 Å². The van der Waals surface area contributed by atoms with E-state index >= 15 is 0 Å². The second kappa shape index (κ2) is 12.3. The molecule has 2 rings (SSSR count). The molecule has 0 aromatic heterocycles. The zero-order chi connectivity index (χ0) is 27.2. The Balaban J connectivity index is 2.49. The van der Waals surface area contributed by atoms with E-state index in [9.17, 15) is 14.4 Å². The number of para-hydroxylation sites is 1. The van der Waals surface area contributed by atoms with Gasteiger partial charge in [0, 0.05) is 18.0 Å². The van der Waals surface area contributed by atoms with Crippen LogP contribution in [0, 0.1) is 27.7 Å². The monoisotopic (exact) mass is 513 g/mol. The molecule has 2 atom stereocenters. The Morgan fingerprint density at radius 3 is 2.03 bits per heavy atom. The predicted octanol–water partition coefficient (Wildman–Crippen LogP) is 5.27. The number of alkyl carbamates (subject to hydrolysis) is 1. The second-order valence-electron chi connectivity index (χ2n) is 10.1. The van der Waals surface area contributed by atoms with Crippen molar-refractivity contribution in [1.29, 1.82) is 0 Å². The van der Waals surface area contributed by atoms with E-state index in [-0.39, 0.29) is 18.2 Å². The third-order valence-corrected chi connectivity index (χ3v) is 6.01. The molecule has 7 nitrogen and oxygen atoms in total. The smallest absolute Gasteiger partial charge is 0.408 e. The van der Waals surface area contributed by atoms with Crippen molar-refractivity contribution in [3.8, 4) is 0 Å². The second-order valence-corrected chi connectivity index (χ2v) is 10.5. The molecule has 0 radical (unpaired) electrons. The molecule has 8 heteroatoms. The summed E-state index contributed by atoms with van der Waals surface area (Å²) in [6.45, 7) is 15.1. The van der Waals surface area contributed by atoms with Crippen LogP contribution in [0.4, 0.5) is 10.5 Å². The minimum Gasteiger partial charge on any atom is -0.444 e. The van der Waals surface area contributed by atoms with Crippen LogP contribution in [-0.4, -0.2) is 46.7 Å². The van der Waals surface area contributed by atoms with Crippen molar-refractivity contribution in [2.24, 2.45) is 0 Å². The maximum absolute atomic E-state index is 13.8. The lowest BCUT2D eigenvalue weighted by atomic mass is 9.98. The van der Waals surface area contributed by atoms with Gasteiger partial charge in [-0.3, -0.25) is 9.59 Å². The molecule has 2 N–H and O–H groups in total. The first kappa shape index (κ1) is 29.2. The van der Waals surface area contributed by atoms with E-state index in [4.69, 9.17) is 4.74 Å². The SMILES string of the molecule is CCN(C(=O)C(CS)NC(=O)OC(C)(C)C)C(C(=O)Nc1c(C)cccc1C)c1cc(C)cc(C)c1. The number of thiol groups is 1. The Morgan fingerprint density at radius 2 is 1.56 bits per heavy atom. The normalized spacial score (nSPS) is 12.9. The summed E-state index contributed by atoms with van der Waals surface area (Å²) < 4.78 is 5.33. The fourth-order valence-corrected chi connectivity index (χ4v) is 4.39. The van der Waals surface area contributed by atoms with Crippen LogP contribution in [0.5, 0.6) is 0 Å². The number of benzene rings is 2. The van der Waals surface area contributed by atoms with Gasteiger partial charge in [-0.15, -0.1) is 0 Å². The average molecular weight is 514 g/mol. The predicted molar refractivity (Wildman–Crippen MR) is 148 cm³/mol. The van der Waals surface area contributed by atoms with E-state index in [1.807, 2.05) is 71.0 Å². The number of likely N-dealkylation sites (N-methyl/N-ethyl adjacent to an activating group) is 1. The number of nitrogens with zero attached hydrogens (tertiary/aromatic N) is 1. The topological polar surface area (TPSA) is 87.7 Å². The van der Waals surface area contributed by atoms with Gasteiger partial charge in [0.2, 0.25) is 5.91 Å². The summed E-state index contributed by atoms with van der Waals surface area (Å²) in [4.78, 5) is 41.4. The Hall–Kier alpha value is -3.00. The van der Waals surface area contributed by atoms with Crippen LogP contribution >= 0.6 is 12.6 Å². The molecule has 0 aliphatic carbocycles. The average Bonchev–Trinajstić information content (AvgIpc) is 2.75. The van der Waals surface area contributed by atoms with E-state index in [1.54, 1.807) is 20.8 Å². The zero-order valence-corrected chi connectivity index (χ0v) is 23.5. The lowest BCUT2D eigenvalue weighted by Gasteiger charge is -2.34. The molecule has 0 saturated carbocycles. The summed E-state index contributed by atoms with van der Waals surface area (Å²) in [5.74, 6) is -0.700. The first-order chi connectivity index (χ1) is 16.8. The van der Waals surface area contributed by atoms with Gasteiger partial charge in [0.1, 0.15) is 17.7 Å². The number of anilines is 1. The first-order valence-corrected chi connectivity index (χ1v) is 12.8. The van der Waals surface area contributed by atoms with Gasteiger partial charge in [-0.2, -0.15) is 12.6 Å². The Labute approximate surface area is 220 Å². The van der Waals surface area contributed by atoms with Crippen LogP contribution in [0.25, 0.3) is 0 Å². The molecule has 2 unspecified atom stereocenters. The Morgan fingerprint density at radius 1 is 1.00 bits per heavy atom. The molecular weight excluding hydrogens is 474 g/mol. The van der Waals surface area contributed by atoms with Crippen LogP contribution in [0.2, 0.25) is 0 Å². The largest absolute Gasteiger partial charge is 0.444 e. The third-order valence-electron chi connectivity index (χ3n) is 5.64. The maximum Gasteiger partial charge on any atom is 0.408 e. The first-order valence-electron chi connectivity index (χ1n) is 12.1. The molecule has 0 aliphatic heterocycles. The minimum atomic E-state index is -0.968. The van der Waals surface area contributed by atoms with Gasteiger partial charge < -0.3 is 20.3 Å². The molecule has 0 bridgehead atoms. The van der Waals surface area contributed by atoms with E-state index in [1.165, 1.54) is 4.90 Å². The molecule has 3 amide bonds.